The molecule has 0 saturated heterocycles. The first kappa shape index (κ1) is 7.98. The minimum atomic E-state index is 0.238. The average Bonchev–Trinajstić information content (AvgIpc) is 2.96. The minimum Gasteiger partial charge on any atom is -0.289 e. The van der Waals surface area contributed by atoms with Crippen LogP contribution in [0.2, 0.25) is 0 Å². The number of hydrogen-bond acceptors (Lipinski definition) is 1. The topological polar surface area (TPSA) is 17.1 Å². The molecule has 0 aliphatic heterocycles. The summed E-state index contributed by atoms with van der Waals surface area (Å²) in [6.07, 6.45) is 4.51. The van der Waals surface area contributed by atoms with Crippen molar-refractivity contribution in [3.63, 3.8) is 0 Å². The van der Waals surface area contributed by atoms with Crippen molar-refractivity contribution >= 4 is 11.9 Å². The molecule has 2 aliphatic rings. The van der Waals surface area contributed by atoms with E-state index in [0.29, 0.717) is 5.92 Å². The van der Waals surface area contributed by atoms with E-state index >= 15 is 0 Å². The van der Waals surface area contributed by atoms with Gasteiger partial charge in [-0.25, -0.2) is 0 Å². The number of carbonyl (C=O) groups is 1. The largest absolute Gasteiger partial charge is 0.289 e. The highest BCUT2D eigenvalue weighted by Gasteiger charge is 2.31. The molecule has 0 heterocycles. The van der Waals surface area contributed by atoms with Crippen molar-refractivity contribution in [2.75, 3.05) is 0 Å². The molecule has 1 fully saturated rings. The first-order chi connectivity index (χ1) is 6.77. The van der Waals surface area contributed by atoms with Gasteiger partial charge >= 0.3 is 0 Å². The van der Waals surface area contributed by atoms with Crippen LogP contribution < -0.4 is 0 Å². The number of carbonyl (C=O) groups excluding carboxylic acids is 1. The molecule has 2 aliphatic carbocycles. The van der Waals surface area contributed by atoms with Crippen molar-refractivity contribution in [3.8, 4) is 0 Å². The summed E-state index contributed by atoms with van der Waals surface area (Å²) in [6.45, 7) is 1.90. The monoisotopic (exact) mass is 184 g/mol. The summed E-state index contributed by atoms with van der Waals surface area (Å²) in [5, 5.41) is 0. The normalized spacial score (nSPS) is 19.5. The molecular formula is C13H12O. The van der Waals surface area contributed by atoms with Gasteiger partial charge in [0, 0.05) is 5.56 Å². The zero-order valence-electron chi connectivity index (χ0n) is 8.21. The second-order valence-electron chi connectivity index (χ2n) is 4.24. The highest BCUT2D eigenvalue weighted by atomic mass is 16.1. The van der Waals surface area contributed by atoms with Gasteiger partial charge in [0.25, 0.3) is 0 Å². The van der Waals surface area contributed by atoms with E-state index in [9.17, 15) is 4.79 Å². The Morgan fingerprint density at radius 1 is 1.29 bits per heavy atom. The third kappa shape index (κ3) is 0.985. The maximum absolute atomic E-state index is 11.9. The van der Waals surface area contributed by atoms with E-state index in [0.717, 1.165) is 16.7 Å². The molecule has 0 radical (unpaired) electrons. The van der Waals surface area contributed by atoms with Gasteiger partial charge in [-0.3, -0.25) is 4.79 Å². The van der Waals surface area contributed by atoms with Crippen molar-refractivity contribution < 1.29 is 4.79 Å². The van der Waals surface area contributed by atoms with Crippen LogP contribution in [0.4, 0.5) is 0 Å². The van der Waals surface area contributed by atoms with Crippen LogP contribution in [0.25, 0.3) is 6.08 Å². The van der Waals surface area contributed by atoms with Gasteiger partial charge in [0.1, 0.15) is 0 Å². The van der Waals surface area contributed by atoms with Crippen molar-refractivity contribution in [1.29, 1.82) is 0 Å². The van der Waals surface area contributed by atoms with Gasteiger partial charge in [0.15, 0.2) is 5.78 Å². The smallest absolute Gasteiger partial charge is 0.189 e. The Bertz CT molecular complexity index is 450. The van der Waals surface area contributed by atoms with Crippen LogP contribution in [0.5, 0.6) is 0 Å². The standard InChI is InChI=1S/C13H12O/c1-8-7-10-3-2-4-11(9-5-6-9)12(10)13(8)14/h2-4,7,9H,5-6H2,1H3. The molecule has 0 aromatic heterocycles. The Labute approximate surface area is 83.4 Å². The molecule has 1 nitrogen and oxygen atoms in total. The number of rotatable bonds is 1. The Kier molecular flexibility index (Phi) is 1.46. The summed E-state index contributed by atoms with van der Waals surface area (Å²) in [6, 6.07) is 6.21. The maximum atomic E-state index is 11.9. The van der Waals surface area contributed by atoms with Crippen molar-refractivity contribution in [2.45, 2.75) is 25.7 Å². The lowest BCUT2D eigenvalue weighted by Crippen LogP contribution is -2.00. The van der Waals surface area contributed by atoms with E-state index in [1.54, 1.807) is 0 Å². The molecule has 1 saturated carbocycles. The summed E-state index contributed by atoms with van der Waals surface area (Å²) in [7, 11) is 0. The Morgan fingerprint density at radius 2 is 2.07 bits per heavy atom. The predicted octanol–water partition coefficient (Wildman–Crippen LogP) is 3.16. The fraction of sp³-hybridized carbons (Fsp3) is 0.308. The summed E-state index contributed by atoms with van der Waals surface area (Å²) < 4.78 is 0. The first-order valence-electron chi connectivity index (χ1n) is 5.13. The average molecular weight is 184 g/mol. The summed E-state index contributed by atoms with van der Waals surface area (Å²) in [5.41, 5.74) is 4.26. The molecule has 1 aromatic carbocycles. The fourth-order valence-corrected chi connectivity index (χ4v) is 2.20. The Morgan fingerprint density at radius 3 is 2.79 bits per heavy atom. The second kappa shape index (κ2) is 2.57. The molecule has 1 heteroatoms. The predicted molar refractivity (Wildman–Crippen MR) is 56.4 cm³/mol. The number of ketones is 1. The minimum absolute atomic E-state index is 0.238. The van der Waals surface area contributed by atoms with E-state index in [4.69, 9.17) is 0 Å². The Hall–Kier alpha value is -1.37. The number of Topliss-reactive ketones (excluding diaryl/α,β-unsaturated/α-hetero) is 1. The van der Waals surface area contributed by atoms with Crippen LogP contribution >= 0.6 is 0 Å². The van der Waals surface area contributed by atoms with Crippen LogP contribution in [0.15, 0.2) is 23.8 Å². The first-order valence-corrected chi connectivity index (χ1v) is 5.13. The molecule has 0 atom stereocenters. The van der Waals surface area contributed by atoms with E-state index in [1.165, 1.54) is 18.4 Å². The Balaban J connectivity index is 2.21. The molecule has 0 N–H and O–H groups in total. The summed E-state index contributed by atoms with van der Waals surface area (Å²) in [5.74, 6) is 0.899. The van der Waals surface area contributed by atoms with Gasteiger partial charge in [-0.15, -0.1) is 0 Å². The third-order valence-corrected chi connectivity index (χ3v) is 3.10. The molecule has 70 valence electrons. The summed E-state index contributed by atoms with van der Waals surface area (Å²) in [4.78, 5) is 11.9. The zero-order chi connectivity index (χ0) is 9.71. The molecule has 14 heavy (non-hydrogen) atoms. The number of hydrogen-bond donors (Lipinski definition) is 0. The molecule has 0 amide bonds. The van der Waals surface area contributed by atoms with Crippen LogP contribution in [0, 0.1) is 0 Å². The fourth-order valence-electron chi connectivity index (χ4n) is 2.20. The van der Waals surface area contributed by atoms with Crippen LogP contribution in [0.1, 0.15) is 47.2 Å². The SMILES string of the molecule is CC1=Cc2cccc(C3CC3)c2C1=O. The van der Waals surface area contributed by atoms with E-state index in [1.807, 2.05) is 19.1 Å². The highest BCUT2D eigenvalue weighted by molar-refractivity contribution is 6.18. The zero-order valence-corrected chi connectivity index (χ0v) is 8.21. The highest BCUT2D eigenvalue weighted by Crippen LogP contribution is 2.44. The van der Waals surface area contributed by atoms with Gasteiger partial charge in [-0.2, -0.15) is 0 Å². The van der Waals surface area contributed by atoms with Crippen molar-refractivity contribution in [1.82, 2.24) is 0 Å². The van der Waals surface area contributed by atoms with E-state index in [-0.39, 0.29) is 5.78 Å². The lowest BCUT2D eigenvalue weighted by Gasteiger charge is -2.05. The molecular weight excluding hydrogens is 172 g/mol. The quantitative estimate of drug-likeness (QED) is 0.655. The number of fused-ring (bicyclic) bond motifs is 1. The maximum Gasteiger partial charge on any atom is 0.189 e. The van der Waals surface area contributed by atoms with Crippen LogP contribution in [0.3, 0.4) is 0 Å². The third-order valence-electron chi connectivity index (χ3n) is 3.10. The van der Waals surface area contributed by atoms with Crippen LogP contribution in [-0.2, 0) is 0 Å². The van der Waals surface area contributed by atoms with E-state index in [2.05, 4.69) is 12.1 Å². The number of allylic oxidation sites excluding steroid dienone is 1. The molecule has 0 bridgehead atoms. The van der Waals surface area contributed by atoms with Gasteiger partial charge in [-0.1, -0.05) is 18.2 Å². The van der Waals surface area contributed by atoms with Crippen molar-refractivity contribution in [2.24, 2.45) is 0 Å². The molecule has 3 rings (SSSR count). The number of benzene rings is 1. The summed E-state index contributed by atoms with van der Waals surface area (Å²) >= 11 is 0. The molecule has 1 aromatic rings. The van der Waals surface area contributed by atoms with Crippen molar-refractivity contribution in [3.05, 3.63) is 40.5 Å². The van der Waals surface area contributed by atoms with Crippen LogP contribution in [-0.4, -0.2) is 5.78 Å². The lowest BCUT2D eigenvalue weighted by molar-refractivity contribution is 0.103. The van der Waals surface area contributed by atoms with Gasteiger partial charge in [0.05, 0.1) is 0 Å². The second-order valence-corrected chi connectivity index (χ2v) is 4.24. The molecule has 0 unspecified atom stereocenters. The van der Waals surface area contributed by atoms with Gasteiger partial charge < -0.3 is 0 Å². The van der Waals surface area contributed by atoms with Gasteiger partial charge in [0.2, 0.25) is 0 Å². The van der Waals surface area contributed by atoms with Gasteiger partial charge in [-0.05, 0) is 48.5 Å². The van der Waals surface area contributed by atoms with E-state index < -0.39 is 0 Å². The lowest BCUT2D eigenvalue weighted by atomic mass is 9.98. The molecule has 0 spiro atoms.